The fourth-order valence-electron chi connectivity index (χ4n) is 1.26. The molecule has 0 heterocycles. The first-order chi connectivity index (χ1) is 8.38. The van der Waals surface area contributed by atoms with Crippen LogP contribution in [0.2, 0.25) is 0 Å². The number of benzene rings is 1. The predicted molar refractivity (Wildman–Crippen MR) is 65.9 cm³/mol. The minimum Gasteiger partial charge on any atom is -0.493 e. The molecule has 0 N–H and O–H groups in total. The summed E-state index contributed by atoms with van der Waals surface area (Å²) >= 11 is 3.32. The monoisotopic (exact) mass is 326 g/mol. The maximum Gasteiger partial charge on any atom is 0.411 e. The average molecular weight is 327 g/mol. The molecule has 0 spiro atoms. The quantitative estimate of drug-likeness (QED) is 0.732. The normalized spacial score (nSPS) is 11.6. The van der Waals surface area contributed by atoms with Gasteiger partial charge in [0.2, 0.25) is 0 Å². The molecular weight excluding hydrogens is 313 g/mol. The van der Waals surface area contributed by atoms with Crippen LogP contribution in [0.5, 0.6) is 5.75 Å². The highest BCUT2D eigenvalue weighted by molar-refractivity contribution is 9.10. The number of hydrogen-bond donors (Lipinski definition) is 0. The molecule has 1 aromatic carbocycles. The van der Waals surface area contributed by atoms with Gasteiger partial charge in [-0.15, -0.1) is 0 Å². The van der Waals surface area contributed by atoms with Gasteiger partial charge in [-0.2, -0.15) is 13.2 Å². The molecule has 0 radical (unpaired) electrons. The maximum absolute atomic E-state index is 11.8. The largest absolute Gasteiger partial charge is 0.493 e. The van der Waals surface area contributed by atoms with E-state index in [4.69, 9.17) is 4.74 Å². The Kier molecular flexibility index (Phi) is 5.95. The highest BCUT2D eigenvalue weighted by atomic mass is 79.9. The van der Waals surface area contributed by atoms with Gasteiger partial charge in [0, 0.05) is 10.9 Å². The predicted octanol–water partition coefficient (Wildman–Crippen LogP) is 4.11. The average Bonchev–Trinajstić information content (AvgIpc) is 2.26. The molecule has 0 atom stereocenters. The van der Waals surface area contributed by atoms with E-state index >= 15 is 0 Å². The highest BCUT2D eigenvalue weighted by Gasteiger charge is 2.27. The Morgan fingerprint density at radius 1 is 1.22 bits per heavy atom. The zero-order valence-corrected chi connectivity index (χ0v) is 11.5. The number of alkyl halides is 3. The van der Waals surface area contributed by atoms with Gasteiger partial charge in [-0.05, 0) is 24.6 Å². The van der Waals surface area contributed by atoms with Gasteiger partial charge in [0.25, 0.3) is 0 Å². The van der Waals surface area contributed by atoms with Crippen LogP contribution in [0, 0.1) is 6.92 Å². The molecule has 0 amide bonds. The van der Waals surface area contributed by atoms with Crippen LogP contribution in [0.15, 0.2) is 22.7 Å². The van der Waals surface area contributed by atoms with Crippen molar-refractivity contribution >= 4 is 15.9 Å². The summed E-state index contributed by atoms with van der Waals surface area (Å²) in [6, 6.07) is 5.63. The van der Waals surface area contributed by atoms with Crippen molar-refractivity contribution in [2.75, 3.05) is 19.8 Å². The van der Waals surface area contributed by atoms with E-state index in [1.54, 1.807) is 0 Å². The van der Waals surface area contributed by atoms with Gasteiger partial charge in [0.15, 0.2) is 0 Å². The second-order valence-corrected chi connectivity index (χ2v) is 4.70. The van der Waals surface area contributed by atoms with E-state index in [0.717, 1.165) is 15.8 Å². The van der Waals surface area contributed by atoms with Crippen LogP contribution >= 0.6 is 15.9 Å². The van der Waals surface area contributed by atoms with Crippen molar-refractivity contribution in [2.24, 2.45) is 0 Å². The molecule has 6 heteroatoms. The van der Waals surface area contributed by atoms with E-state index in [9.17, 15) is 13.2 Å². The number of halogens is 4. The molecule has 0 saturated carbocycles. The lowest BCUT2D eigenvalue weighted by molar-refractivity contribution is -0.174. The Balaban J connectivity index is 2.20. The van der Waals surface area contributed by atoms with Crippen molar-refractivity contribution in [3.8, 4) is 5.75 Å². The topological polar surface area (TPSA) is 18.5 Å². The van der Waals surface area contributed by atoms with Crippen LogP contribution in [-0.2, 0) is 4.74 Å². The Morgan fingerprint density at radius 2 is 1.94 bits per heavy atom. The minimum atomic E-state index is -4.26. The number of rotatable bonds is 6. The van der Waals surface area contributed by atoms with Crippen LogP contribution in [-0.4, -0.2) is 26.0 Å². The van der Waals surface area contributed by atoms with Gasteiger partial charge in [-0.3, -0.25) is 0 Å². The molecule has 0 saturated heterocycles. The van der Waals surface area contributed by atoms with Crippen molar-refractivity contribution in [3.05, 3.63) is 28.2 Å². The number of hydrogen-bond acceptors (Lipinski definition) is 2. The molecule has 0 fully saturated rings. The van der Waals surface area contributed by atoms with Crippen LogP contribution in [0.4, 0.5) is 13.2 Å². The molecule has 2 nitrogen and oxygen atoms in total. The van der Waals surface area contributed by atoms with E-state index in [1.807, 2.05) is 25.1 Å². The number of aryl methyl sites for hydroxylation is 1. The maximum atomic E-state index is 11.8. The zero-order chi connectivity index (χ0) is 13.6. The van der Waals surface area contributed by atoms with E-state index in [1.165, 1.54) is 0 Å². The van der Waals surface area contributed by atoms with Crippen LogP contribution in [0.1, 0.15) is 12.0 Å². The molecule has 0 aliphatic rings. The first-order valence-electron chi connectivity index (χ1n) is 5.42. The standard InChI is InChI=1S/C12H14BrF3O2/c1-9-3-4-10(13)7-11(9)18-6-2-5-17-8-12(14,15)16/h3-4,7H,2,5-6,8H2,1H3. The van der Waals surface area contributed by atoms with Gasteiger partial charge < -0.3 is 9.47 Å². The lowest BCUT2D eigenvalue weighted by Crippen LogP contribution is -2.18. The fraction of sp³-hybridized carbons (Fsp3) is 0.500. The third-order valence-corrected chi connectivity index (χ3v) is 2.60. The molecule has 18 heavy (non-hydrogen) atoms. The lowest BCUT2D eigenvalue weighted by atomic mass is 10.2. The van der Waals surface area contributed by atoms with Crippen molar-refractivity contribution < 1.29 is 22.6 Å². The second-order valence-electron chi connectivity index (χ2n) is 3.78. The molecule has 0 unspecified atom stereocenters. The Morgan fingerprint density at radius 3 is 2.61 bits per heavy atom. The van der Waals surface area contributed by atoms with Gasteiger partial charge in [0.05, 0.1) is 13.2 Å². The summed E-state index contributed by atoms with van der Waals surface area (Å²) in [5.74, 6) is 0.722. The van der Waals surface area contributed by atoms with E-state index < -0.39 is 12.8 Å². The minimum absolute atomic E-state index is 0.0343. The second kappa shape index (κ2) is 6.99. The smallest absolute Gasteiger partial charge is 0.411 e. The highest BCUT2D eigenvalue weighted by Crippen LogP contribution is 2.23. The molecule has 1 aromatic rings. The van der Waals surface area contributed by atoms with Crippen molar-refractivity contribution in [1.82, 2.24) is 0 Å². The third-order valence-electron chi connectivity index (χ3n) is 2.11. The zero-order valence-electron chi connectivity index (χ0n) is 9.89. The molecule has 0 aromatic heterocycles. The Labute approximate surface area is 112 Å². The molecular formula is C12H14BrF3O2. The van der Waals surface area contributed by atoms with Crippen LogP contribution < -0.4 is 4.74 Å². The molecule has 1 rings (SSSR count). The summed E-state index contributed by atoms with van der Waals surface area (Å²) in [6.07, 6.45) is -3.84. The third kappa shape index (κ3) is 6.26. The summed E-state index contributed by atoms with van der Waals surface area (Å²) in [5.41, 5.74) is 0.981. The molecule has 0 aliphatic heterocycles. The molecule has 0 aliphatic carbocycles. The summed E-state index contributed by atoms with van der Waals surface area (Å²) in [4.78, 5) is 0. The number of ether oxygens (including phenoxy) is 2. The lowest BCUT2D eigenvalue weighted by Gasteiger charge is -2.10. The SMILES string of the molecule is Cc1ccc(Br)cc1OCCCOCC(F)(F)F. The van der Waals surface area contributed by atoms with Crippen LogP contribution in [0.3, 0.4) is 0 Å². The van der Waals surface area contributed by atoms with E-state index in [-0.39, 0.29) is 6.61 Å². The van der Waals surface area contributed by atoms with Gasteiger partial charge in [0.1, 0.15) is 12.4 Å². The summed E-state index contributed by atoms with van der Waals surface area (Å²) in [7, 11) is 0. The molecule has 102 valence electrons. The van der Waals surface area contributed by atoms with Gasteiger partial charge >= 0.3 is 6.18 Å². The van der Waals surface area contributed by atoms with E-state index in [2.05, 4.69) is 20.7 Å². The van der Waals surface area contributed by atoms with Crippen molar-refractivity contribution in [1.29, 1.82) is 0 Å². The Bertz CT molecular complexity index is 380. The first kappa shape index (κ1) is 15.3. The summed E-state index contributed by atoms with van der Waals surface area (Å²) in [5, 5.41) is 0. The van der Waals surface area contributed by atoms with Crippen molar-refractivity contribution in [3.63, 3.8) is 0 Å². The van der Waals surface area contributed by atoms with E-state index in [0.29, 0.717) is 13.0 Å². The fourth-order valence-corrected chi connectivity index (χ4v) is 1.60. The molecule has 0 bridgehead atoms. The van der Waals surface area contributed by atoms with Crippen LogP contribution in [0.25, 0.3) is 0 Å². The Hall–Kier alpha value is -0.750. The summed E-state index contributed by atoms with van der Waals surface area (Å²) in [6.45, 7) is 1.06. The summed E-state index contributed by atoms with van der Waals surface area (Å²) < 4.78 is 46.1. The van der Waals surface area contributed by atoms with Gasteiger partial charge in [-0.25, -0.2) is 0 Å². The first-order valence-corrected chi connectivity index (χ1v) is 6.21. The van der Waals surface area contributed by atoms with Crippen molar-refractivity contribution in [2.45, 2.75) is 19.5 Å². The van der Waals surface area contributed by atoms with Gasteiger partial charge in [-0.1, -0.05) is 22.0 Å².